The molecule has 4 heteroatoms. The maximum Gasteiger partial charge on any atom is 0.328 e. The summed E-state index contributed by atoms with van der Waals surface area (Å²) in [5.41, 5.74) is 0.602. The molecule has 1 aromatic heterocycles. The van der Waals surface area contributed by atoms with Gasteiger partial charge in [0.05, 0.1) is 5.69 Å². The highest BCUT2D eigenvalue weighted by atomic mass is 16.4. The van der Waals surface area contributed by atoms with E-state index in [1.165, 1.54) is 6.08 Å². The van der Waals surface area contributed by atoms with Crippen molar-refractivity contribution in [3.8, 4) is 0 Å². The molecule has 12 heavy (non-hydrogen) atoms. The Kier molecular flexibility index (Phi) is 2.53. The third-order valence-corrected chi connectivity index (χ3v) is 1.19. The van der Waals surface area contributed by atoms with Crippen molar-refractivity contribution in [2.75, 3.05) is 0 Å². The molecule has 0 saturated carbocycles. The number of aryl methyl sites for hydroxylation is 1. The Morgan fingerprint density at radius 2 is 2.42 bits per heavy atom. The Morgan fingerprint density at radius 3 is 3.00 bits per heavy atom. The van der Waals surface area contributed by atoms with Crippen LogP contribution in [0.25, 0.3) is 6.08 Å². The van der Waals surface area contributed by atoms with Gasteiger partial charge in [-0.05, 0) is 19.1 Å². The van der Waals surface area contributed by atoms with Gasteiger partial charge >= 0.3 is 5.97 Å². The van der Waals surface area contributed by atoms with Crippen LogP contribution in [-0.4, -0.2) is 21.0 Å². The molecule has 0 aliphatic rings. The van der Waals surface area contributed by atoms with Crippen LogP contribution in [0.4, 0.5) is 0 Å². The van der Waals surface area contributed by atoms with E-state index >= 15 is 0 Å². The summed E-state index contributed by atoms with van der Waals surface area (Å²) in [5, 5.41) is 8.31. The van der Waals surface area contributed by atoms with Gasteiger partial charge in [-0.2, -0.15) is 0 Å². The van der Waals surface area contributed by atoms with Crippen LogP contribution < -0.4 is 0 Å². The van der Waals surface area contributed by atoms with E-state index < -0.39 is 5.97 Å². The summed E-state index contributed by atoms with van der Waals surface area (Å²) in [7, 11) is 0. The quantitative estimate of drug-likeness (QED) is 0.659. The Bertz CT molecular complexity index is 321. The summed E-state index contributed by atoms with van der Waals surface area (Å²) in [6, 6.07) is 1.65. The van der Waals surface area contributed by atoms with E-state index in [4.69, 9.17) is 5.11 Å². The predicted molar refractivity (Wildman–Crippen MR) is 43.4 cm³/mol. The zero-order valence-corrected chi connectivity index (χ0v) is 6.56. The number of carboxylic acid groups (broad SMARTS) is 1. The van der Waals surface area contributed by atoms with Crippen LogP contribution in [0.2, 0.25) is 0 Å². The van der Waals surface area contributed by atoms with Crippen molar-refractivity contribution >= 4 is 12.0 Å². The standard InChI is InChI=1S/C8H8N2O2/c1-6-9-5-4-7(10-6)2-3-8(11)12/h2-5H,1H3,(H,11,12)/b3-2+. The van der Waals surface area contributed by atoms with Crippen LogP contribution in [0.5, 0.6) is 0 Å². The third-order valence-electron chi connectivity index (χ3n) is 1.19. The Balaban J connectivity index is 2.83. The molecule has 0 unspecified atom stereocenters. The summed E-state index contributed by atoms with van der Waals surface area (Å²) in [6.45, 7) is 1.75. The van der Waals surface area contributed by atoms with E-state index in [0.717, 1.165) is 6.08 Å². The van der Waals surface area contributed by atoms with Gasteiger partial charge in [0, 0.05) is 12.3 Å². The van der Waals surface area contributed by atoms with E-state index in [1.54, 1.807) is 19.2 Å². The maximum atomic E-state index is 10.1. The van der Waals surface area contributed by atoms with Crippen molar-refractivity contribution in [1.82, 2.24) is 9.97 Å². The van der Waals surface area contributed by atoms with Gasteiger partial charge in [-0.1, -0.05) is 0 Å². The summed E-state index contributed by atoms with van der Waals surface area (Å²) < 4.78 is 0. The molecule has 0 fully saturated rings. The van der Waals surface area contributed by atoms with Crippen LogP contribution in [0.15, 0.2) is 18.3 Å². The fraction of sp³-hybridized carbons (Fsp3) is 0.125. The molecule has 1 aromatic rings. The minimum atomic E-state index is -0.980. The average Bonchev–Trinajstić information content (AvgIpc) is 2.01. The molecule has 0 aromatic carbocycles. The number of hydrogen-bond donors (Lipinski definition) is 1. The fourth-order valence-corrected chi connectivity index (χ4v) is 0.724. The Morgan fingerprint density at radius 1 is 1.67 bits per heavy atom. The fourth-order valence-electron chi connectivity index (χ4n) is 0.724. The second-order valence-corrected chi connectivity index (χ2v) is 2.20. The summed E-state index contributed by atoms with van der Waals surface area (Å²) in [5.74, 6) is -0.353. The number of aliphatic carboxylic acids is 1. The highest BCUT2D eigenvalue weighted by Gasteiger charge is 1.91. The van der Waals surface area contributed by atoms with Gasteiger partial charge in [0.15, 0.2) is 0 Å². The van der Waals surface area contributed by atoms with E-state index in [2.05, 4.69) is 9.97 Å². The number of carbonyl (C=O) groups is 1. The first-order chi connectivity index (χ1) is 5.68. The van der Waals surface area contributed by atoms with Gasteiger partial charge < -0.3 is 5.11 Å². The van der Waals surface area contributed by atoms with Crippen molar-refractivity contribution < 1.29 is 9.90 Å². The lowest BCUT2D eigenvalue weighted by Gasteiger charge is -1.92. The van der Waals surface area contributed by atoms with Crippen LogP contribution in [0, 0.1) is 6.92 Å². The Labute approximate surface area is 69.6 Å². The molecule has 0 saturated heterocycles. The number of rotatable bonds is 2. The molecule has 0 aliphatic carbocycles. The SMILES string of the molecule is Cc1nccc(/C=C/C(=O)O)n1. The molecule has 0 spiro atoms. The maximum absolute atomic E-state index is 10.1. The summed E-state index contributed by atoms with van der Waals surface area (Å²) >= 11 is 0. The molecule has 0 aliphatic heterocycles. The van der Waals surface area contributed by atoms with Crippen molar-refractivity contribution in [3.63, 3.8) is 0 Å². The van der Waals surface area contributed by atoms with Crippen LogP contribution in [0.1, 0.15) is 11.5 Å². The molecule has 0 atom stereocenters. The lowest BCUT2D eigenvalue weighted by molar-refractivity contribution is -0.131. The van der Waals surface area contributed by atoms with Crippen LogP contribution in [-0.2, 0) is 4.79 Å². The lowest BCUT2D eigenvalue weighted by atomic mass is 10.3. The molecular formula is C8H8N2O2. The molecule has 1 N–H and O–H groups in total. The molecule has 1 heterocycles. The van der Waals surface area contributed by atoms with Gasteiger partial charge in [0.2, 0.25) is 0 Å². The molecule has 1 rings (SSSR count). The highest BCUT2D eigenvalue weighted by molar-refractivity contribution is 5.84. The van der Waals surface area contributed by atoms with Crippen molar-refractivity contribution in [2.24, 2.45) is 0 Å². The van der Waals surface area contributed by atoms with E-state index in [-0.39, 0.29) is 0 Å². The third kappa shape index (κ3) is 2.49. The van der Waals surface area contributed by atoms with Crippen molar-refractivity contribution in [3.05, 3.63) is 29.9 Å². The molecular weight excluding hydrogens is 156 g/mol. The van der Waals surface area contributed by atoms with Crippen molar-refractivity contribution in [1.29, 1.82) is 0 Å². The van der Waals surface area contributed by atoms with Gasteiger partial charge in [-0.3, -0.25) is 0 Å². The molecule has 0 amide bonds. The number of nitrogens with zero attached hydrogens (tertiary/aromatic N) is 2. The second-order valence-electron chi connectivity index (χ2n) is 2.20. The van der Waals surface area contributed by atoms with Gasteiger partial charge in [0.1, 0.15) is 5.82 Å². The molecule has 62 valence electrons. The number of hydrogen-bond acceptors (Lipinski definition) is 3. The van der Waals surface area contributed by atoms with Gasteiger partial charge in [-0.15, -0.1) is 0 Å². The van der Waals surface area contributed by atoms with E-state index in [9.17, 15) is 4.79 Å². The average molecular weight is 164 g/mol. The minimum absolute atomic E-state index is 0.602. The first kappa shape index (κ1) is 8.39. The molecule has 4 nitrogen and oxygen atoms in total. The normalized spacial score (nSPS) is 10.4. The highest BCUT2D eigenvalue weighted by Crippen LogP contribution is 1.96. The largest absolute Gasteiger partial charge is 0.478 e. The zero-order valence-electron chi connectivity index (χ0n) is 6.56. The lowest BCUT2D eigenvalue weighted by Crippen LogP contribution is -1.90. The van der Waals surface area contributed by atoms with Crippen LogP contribution >= 0.6 is 0 Å². The van der Waals surface area contributed by atoms with Crippen molar-refractivity contribution in [2.45, 2.75) is 6.92 Å². The molecule has 0 bridgehead atoms. The summed E-state index contributed by atoms with van der Waals surface area (Å²) in [6.07, 6.45) is 4.06. The first-order valence-electron chi connectivity index (χ1n) is 3.39. The zero-order chi connectivity index (χ0) is 8.97. The smallest absolute Gasteiger partial charge is 0.328 e. The monoisotopic (exact) mass is 164 g/mol. The minimum Gasteiger partial charge on any atom is -0.478 e. The van der Waals surface area contributed by atoms with E-state index in [1.807, 2.05) is 0 Å². The summed E-state index contributed by atoms with van der Waals surface area (Å²) in [4.78, 5) is 18.0. The number of aromatic nitrogens is 2. The topological polar surface area (TPSA) is 63.1 Å². The Hall–Kier alpha value is -1.71. The number of carboxylic acids is 1. The van der Waals surface area contributed by atoms with Gasteiger partial charge in [-0.25, -0.2) is 14.8 Å². The predicted octanol–water partition coefficient (Wildman–Crippen LogP) is 0.883. The second kappa shape index (κ2) is 3.61. The van der Waals surface area contributed by atoms with Crippen LogP contribution in [0.3, 0.4) is 0 Å². The van der Waals surface area contributed by atoms with E-state index in [0.29, 0.717) is 11.5 Å². The first-order valence-corrected chi connectivity index (χ1v) is 3.39. The van der Waals surface area contributed by atoms with Gasteiger partial charge in [0.25, 0.3) is 0 Å². The molecule has 0 radical (unpaired) electrons.